The standard InChI is InChI=1S/C23H16N2O3/c24-14-19(15-25)23(26)18-9-11-20(12-10-18)28-22-8-4-7-21(13-22)27-16-17-5-2-1-3-6-17/h1-13,26H,16H2. The van der Waals surface area contributed by atoms with Crippen molar-refractivity contribution < 1.29 is 14.6 Å². The van der Waals surface area contributed by atoms with Gasteiger partial charge in [-0.3, -0.25) is 0 Å². The summed E-state index contributed by atoms with van der Waals surface area (Å²) in [7, 11) is 0. The Balaban J connectivity index is 1.68. The van der Waals surface area contributed by atoms with Gasteiger partial charge in [0.1, 0.15) is 36.0 Å². The zero-order valence-electron chi connectivity index (χ0n) is 14.9. The van der Waals surface area contributed by atoms with E-state index in [0.717, 1.165) is 5.56 Å². The highest BCUT2D eigenvalue weighted by molar-refractivity contribution is 5.69. The highest BCUT2D eigenvalue weighted by atomic mass is 16.5. The monoisotopic (exact) mass is 368 g/mol. The second kappa shape index (κ2) is 8.93. The van der Waals surface area contributed by atoms with Crippen LogP contribution in [0.3, 0.4) is 0 Å². The van der Waals surface area contributed by atoms with Crippen LogP contribution in [0.5, 0.6) is 17.2 Å². The Kier molecular flexibility index (Phi) is 5.92. The SMILES string of the molecule is N#CC(C#N)=C(O)c1ccc(Oc2cccc(OCc3ccccc3)c2)cc1. The molecule has 0 saturated heterocycles. The molecule has 0 aliphatic rings. The third-order valence-electron chi connectivity index (χ3n) is 3.88. The number of nitrogens with zero attached hydrogens (tertiary/aromatic N) is 2. The lowest BCUT2D eigenvalue weighted by molar-refractivity contribution is 0.304. The lowest BCUT2D eigenvalue weighted by Crippen LogP contribution is -1.95. The molecule has 28 heavy (non-hydrogen) atoms. The molecule has 0 fully saturated rings. The summed E-state index contributed by atoms with van der Waals surface area (Å²) >= 11 is 0. The fraction of sp³-hybridized carbons (Fsp3) is 0.0435. The maximum absolute atomic E-state index is 9.93. The molecule has 0 amide bonds. The second-order valence-corrected chi connectivity index (χ2v) is 5.82. The van der Waals surface area contributed by atoms with Gasteiger partial charge in [0.15, 0.2) is 11.3 Å². The molecule has 0 saturated carbocycles. The van der Waals surface area contributed by atoms with Crippen molar-refractivity contribution >= 4 is 5.76 Å². The second-order valence-electron chi connectivity index (χ2n) is 5.82. The van der Waals surface area contributed by atoms with Crippen LogP contribution in [0.25, 0.3) is 5.76 Å². The van der Waals surface area contributed by atoms with Gasteiger partial charge < -0.3 is 14.6 Å². The lowest BCUT2D eigenvalue weighted by atomic mass is 10.1. The first kappa shape index (κ1) is 18.6. The van der Waals surface area contributed by atoms with Crippen molar-refractivity contribution in [2.24, 2.45) is 0 Å². The average Bonchev–Trinajstić information content (AvgIpc) is 2.75. The summed E-state index contributed by atoms with van der Waals surface area (Å²) in [6.07, 6.45) is 0. The molecule has 5 nitrogen and oxygen atoms in total. The van der Waals surface area contributed by atoms with E-state index in [9.17, 15) is 5.11 Å². The number of hydrogen-bond donors (Lipinski definition) is 1. The molecular weight excluding hydrogens is 352 g/mol. The van der Waals surface area contributed by atoms with Crippen LogP contribution in [0.15, 0.2) is 84.4 Å². The Morgan fingerprint density at radius 3 is 2.14 bits per heavy atom. The molecule has 3 aromatic rings. The molecule has 0 unspecified atom stereocenters. The lowest BCUT2D eigenvalue weighted by Gasteiger charge is -2.10. The summed E-state index contributed by atoms with van der Waals surface area (Å²) < 4.78 is 11.6. The normalized spacial score (nSPS) is 9.64. The first-order chi connectivity index (χ1) is 13.7. The molecule has 1 N–H and O–H groups in total. The molecule has 0 aliphatic carbocycles. The molecule has 0 atom stereocenters. The van der Waals surface area contributed by atoms with Crippen LogP contribution in [0.4, 0.5) is 0 Å². The summed E-state index contributed by atoms with van der Waals surface area (Å²) in [4.78, 5) is 0. The van der Waals surface area contributed by atoms with Crippen molar-refractivity contribution in [2.45, 2.75) is 6.61 Å². The first-order valence-electron chi connectivity index (χ1n) is 8.48. The minimum absolute atomic E-state index is 0.336. The van der Waals surface area contributed by atoms with Crippen LogP contribution in [-0.4, -0.2) is 5.11 Å². The molecular formula is C23H16N2O3. The number of nitriles is 2. The predicted molar refractivity (Wildman–Crippen MR) is 105 cm³/mol. The highest BCUT2D eigenvalue weighted by Crippen LogP contribution is 2.27. The topological polar surface area (TPSA) is 86.3 Å². The van der Waals surface area contributed by atoms with Crippen molar-refractivity contribution in [1.29, 1.82) is 10.5 Å². The van der Waals surface area contributed by atoms with Gasteiger partial charge in [0.2, 0.25) is 0 Å². The molecule has 0 aliphatic heterocycles. The van der Waals surface area contributed by atoms with Crippen molar-refractivity contribution in [3.63, 3.8) is 0 Å². The summed E-state index contributed by atoms with van der Waals surface area (Å²) in [5.41, 5.74) is 1.11. The van der Waals surface area contributed by atoms with Gasteiger partial charge in [0.25, 0.3) is 0 Å². The fourth-order valence-corrected chi connectivity index (χ4v) is 2.46. The van der Waals surface area contributed by atoms with Crippen LogP contribution in [-0.2, 0) is 6.61 Å². The zero-order chi connectivity index (χ0) is 19.8. The molecule has 0 bridgehead atoms. The minimum Gasteiger partial charge on any atom is -0.505 e. The van der Waals surface area contributed by atoms with Gasteiger partial charge in [0, 0.05) is 11.6 Å². The Morgan fingerprint density at radius 2 is 1.46 bits per heavy atom. The van der Waals surface area contributed by atoms with Gasteiger partial charge >= 0.3 is 0 Å². The van der Waals surface area contributed by atoms with E-state index in [4.69, 9.17) is 20.0 Å². The number of hydrogen-bond acceptors (Lipinski definition) is 5. The summed E-state index contributed by atoms with van der Waals surface area (Å²) in [6, 6.07) is 26.9. The first-order valence-corrected chi connectivity index (χ1v) is 8.48. The van der Waals surface area contributed by atoms with Crippen LogP contribution >= 0.6 is 0 Å². The number of allylic oxidation sites excluding steroid dienone is 1. The molecule has 136 valence electrons. The molecule has 5 heteroatoms. The van der Waals surface area contributed by atoms with E-state index in [1.165, 1.54) is 0 Å². The highest BCUT2D eigenvalue weighted by Gasteiger charge is 2.08. The quantitative estimate of drug-likeness (QED) is 0.467. The Morgan fingerprint density at radius 1 is 0.786 bits per heavy atom. The van der Waals surface area contributed by atoms with Crippen LogP contribution < -0.4 is 9.47 Å². The van der Waals surface area contributed by atoms with E-state index >= 15 is 0 Å². The number of ether oxygens (including phenoxy) is 2. The van der Waals surface area contributed by atoms with E-state index < -0.39 is 0 Å². The van der Waals surface area contributed by atoms with Gasteiger partial charge in [0.05, 0.1) is 0 Å². The average molecular weight is 368 g/mol. The summed E-state index contributed by atoms with van der Waals surface area (Å²) in [6.45, 7) is 0.463. The smallest absolute Gasteiger partial charge is 0.171 e. The summed E-state index contributed by atoms with van der Waals surface area (Å²) in [5.74, 6) is 1.49. The molecule has 3 rings (SSSR count). The molecule has 0 heterocycles. The van der Waals surface area contributed by atoms with Crippen LogP contribution in [0, 0.1) is 22.7 Å². The third kappa shape index (κ3) is 4.69. The Bertz CT molecular complexity index is 1040. The van der Waals surface area contributed by atoms with E-state index in [-0.39, 0.29) is 11.3 Å². The van der Waals surface area contributed by atoms with Crippen LogP contribution in [0.2, 0.25) is 0 Å². The van der Waals surface area contributed by atoms with Crippen molar-refractivity contribution in [2.75, 3.05) is 0 Å². The maximum atomic E-state index is 9.93. The van der Waals surface area contributed by atoms with Gasteiger partial charge in [-0.05, 0) is 42.0 Å². The van der Waals surface area contributed by atoms with Gasteiger partial charge in [-0.1, -0.05) is 36.4 Å². The fourth-order valence-electron chi connectivity index (χ4n) is 2.46. The molecule has 3 aromatic carbocycles. The van der Waals surface area contributed by atoms with Crippen molar-refractivity contribution in [1.82, 2.24) is 0 Å². The molecule has 0 spiro atoms. The number of aliphatic hydroxyl groups is 1. The minimum atomic E-state index is -0.354. The zero-order valence-corrected chi connectivity index (χ0v) is 14.9. The number of aliphatic hydroxyl groups excluding tert-OH is 1. The maximum Gasteiger partial charge on any atom is 0.171 e. The largest absolute Gasteiger partial charge is 0.505 e. The Labute approximate surface area is 162 Å². The van der Waals surface area contributed by atoms with E-state index in [0.29, 0.717) is 29.4 Å². The molecule has 0 aromatic heterocycles. The van der Waals surface area contributed by atoms with Gasteiger partial charge in [-0.2, -0.15) is 10.5 Å². The van der Waals surface area contributed by atoms with E-state index in [1.54, 1.807) is 42.5 Å². The van der Waals surface area contributed by atoms with Gasteiger partial charge in [-0.25, -0.2) is 0 Å². The number of benzene rings is 3. The third-order valence-corrected chi connectivity index (χ3v) is 3.88. The Hall–Kier alpha value is -4.22. The van der Waals surface area contributed by atoms with E-state index in [1.807, 2.05) is 48.5 Å². The van der Waals surface area contributed by atoms with Crippen LogP contribution in [0.1, 0.15) is 11.1 Å². The van der Waals surface area contributed by atoms with Crippen molar-refractivity contribution in [3.05, 3.63) is 95.6 Å². The number of rotatable bonds is 6. The van der Waals surface area contributed by atoms with E-state index in [2.05, 4.69) is 0 Å². The predicted octanol–water partition coefficient (Wildman–Crippen LogP) is 5.37. The molecule has 0 radical (unpaired) electrons. The van der Waals surface area contributed by atoms with Crippen molar-refractivity contribution in [3.8, 4) is 29.4 Å². The van der Waals surface area contributed by atoms with Gasteiger partial charge in [-0.15, -0.1) is 0 Å². The summed E-state index contributed by atoms with van der Waals surface area (Å²) in [5, 5.41) is 27.6.